The van der Waals surface area contributed by atoms with Crippen LogP contribution in [-0.2, 0) is 43.0 Å². The van der Waals surface area contributed by atoms with Gasteiger partial charge in [-0.05, 0) is 159 Å². The maximum absolute atomic E-state index is 13.6. The quantitative estimate of drug-likeness (QED) is 0.0298. The third-order valence-corrected chi connectivity index (χ3v) is 18.7. The summed E-state index contributed by atoms with van der Waals surface area (Å²) in [5, 5.41) is 15.9. The first-order chi connectivity index (χ1) is 55.2. The van der Waals surface area contributed by atoms with Crippen LogP contribution < -0.4 is 26.6 Å². The van der Waals surface area contributed by atoms with Gasteiger partial charge in [0.1, 0.15) is 16.9 Å². The van der Waals surface area contributed by atoms with Gasteiger partial charge in [0.05, 0.1) is 86.1 Å². The standard InChI is InChI=1S/C30H29F3N6.C29H27F3N6.C28H23F3N6O/c1-19(2)35-18-21-13-15-39-26(16-21)38-27(23-10-7-11-24(17-23)30(31,32)33)28(39)25-12-14-34-29(37-25)36-20(3)22-8-5-4-6-9-22;1-19(21-8-5-4-6-9-21)34-28-33-14-12-24(35-28)27-26(22-10-7-11-23(17-22)29(30,31)32)36-25-16-20(18-37(2)3)13-15-38(25)27;1-18(20-6-3-2-4-7-20)34-27-33-12-10-23(35-27)26-25(21-8-5-9-22(15-21)28(29,30)31)36-24-14-19(16-32-17-38)11-13-37(24)26/h4-17,19-20,35H,18H2,1-3H3,(H,34,36,37);4-17,19H,18H2,1-3H3,(H,33,34,35);2-15,17-18H,16H2,1H3,(H,32,38)(H,33,34,35)/t20-;19-;18-/m000/s1. The summed E-state index contributed by atoms with van der Waals surface area (Å²) in [5.74, 6) is 1.19. The molecule has 0 bridgehead atoms. The van der Waals surface area contributed by atoms with Crippen LogP contribution in [0, 0.1) is 0 Å². The Morgan fingerprint density at radius 1 is 0.383 bits per heavy atom. The molecule has 15 rings (SSSR count). The lowest BCUT2D eigenvalue weighted by Crippen LogP contribution is -2.21. The molecule has 9 aromatic heterocycles. The summed E-state index contributed by atoms with van der Waals surface area (Å²) in [4.78, 5) is 54.4. The van der Waals surface area contributed by atoms with Crippen LogP contribution in [0.15, 0.2) is 256 Å². The number of carbonyl (C=O) groups is 1. The summed E-state index contributed by atoms with van der Waals surface area (Å²) in [7, 11) is 3.95. The maximum Gasteiger partial charge on any atom is 0.416 e. The van der Waals surface area contributed by atoms with Gasteiger partial charge < -0.3 is 31.5 Å². The minimum absolute atomic E-state index is 0.0508. The monoisotopic (exact) mass is 1560 g/mol. The van der Waals surface area contributed by atoms with Crippen molar-refractivity contribution in [1.82, 2.24) is 73.6 Å². The van der Waals surface area contributed by atoms with Crippen molar-refractivity contribution in [2.24, 2.45) is 0 Å². The smallest absolute Gasteiger partial charge is 0.355 e. The topological polar surface area (TPSA) is 210 Å². The highest BCUT2D eigenvalue weighted by Gasteiger charge is 2.34. The van der Waals surface area contributed by atoms with Crippen molar-refractivity contribution in [3.05, 3.63) is 306 Å². The summed E-state index contributed by atoms with van der Waals surface area (Å²) >= 11 is 0. The fourth-order valence-corrected chi connectivity index (χ4v) is 13.0. The van der Waals surface area contributed by atoms with Gasteiger partial charge in [-0.25, -0.2) is 44.9 Å². The Morgan fingerprint density at radius 2 is 0.704 bits per heavy atom. The normalized spacial score (nSPS) is 12.6. The third kappa shape index (κ3) is 19.5. The van der Waals surface area contributed by atoms with Crippen molar-refractivity contribution in [1.29, 1.82) is 0 Å². The van der Waals surface area contributed by atoms with Gasteiger partial charge in [0.15, 0.2) is 0 Å². The molecular formula is C87H79F9N18O. The number of aromatic nitrogens is 12. The van der Waals surface area contributed by atoms with Crippen LogP contribution in [0.3, 0.4) is 0 Å². The number of carbonyl (C=O) groups excluding carboxylic acids is 1. The number of fused-ring (bicyclic) bond motifs is 3. The average Bonchev–Trinajstić information content (AvgIpc) is 1.63. The van der Waals surface area contributed by atoms with Gasteiger partial charge in [0.2, 0.25) is 24.3 Å². The molecule has 115 heavy (non-hydrogen) atoms. The van der Waals surface area contributed by atoms with Gasteiger partial charge in [0.25, 0.3) is 0 Å². The zero-order valence-corrected chi connectivity index (χ0v) is 63.4. The number of rotatable bonds is 23. The van der Waals surface area contributed by atoms with Crippen molar-refractivity contribution < 1.29 is 44.3 Å². The summed E-state index contributed by atoms with van der Waals surface area (Å²) < 4.78 is 127. The molecular weight excluding hydrogens is 1480 g/mol. The van der Waals surface area contributed by atoms with Gasteiger partial charge >= 0.3 is 18.5 Å². The lowest BCUT2D eigenvalue weighted by Gasteiger charge is -2.15. The molecule has 0 spiro atoms. The molecule has 0 fully saturated rings. The van der Waals surface area contributed by atoms with Crippen molar-refractivity contribution in [2.45, 2.75) is 96.9 Å². The van der Waals surface area contributed by atoms with Crippen LogP contribution in [0.25, 0.3) is 84.9 Å². The molecule has 28 heteroatoms. The largest absolute Gasteiger partial charge is 0.416 e. The van der Waals surface area contributed by atoms with E-state index in [4.69, 9.17) is 24.9 Å². The molecule has 0 radical (unpaired) electrons. The molecule has 0 saturated heterocycles. The number of halogens is 9. The number of nitrogens with one attached hydrogen (secondary N) is 5. The van der Waals surface area contributed by atoms with Crippen LogP contribution in [-0.4, -0.2) is 89.5 Å². The van der Waals surface area contributed by atoms with E-state index >= 15 is 0 Å². The minimum atomic E-state index is -4.50. The lowest BCUT2D eigenvalue weighted by molar-refractivity contribution is -0.138. The Balaban J connectivity index is 0.000000150. The Labute approximate surface area is 656 Å². The summed E-state index contributed by atoms with van der Waals surface area (Å²) in [6.07, 6.45) is -2.43. The van der Waals surface area contributed by atoms with E-state index in [1.54, 1.807) is 71.7 Å². The molecule has 3 atom stereocenters. The fraction of sp³-hybridized carbons (Fsp3) is 0.195. The van der Waals surface area contributed by atoms with E-state index in [1.807, 2.05) is 182 Å². The summed E-state index contributed by atoms with van der Waals surface area (Å²) in [6.45, 7) is 11.8. The summed E-state index contributed by atoms with van der Waals surface area (Å²) in [5.41, 5.74) is 11.0. The Morgan fingerprint density at radius 3 is 1.02 bits per heavy atom. The number of pyridine rings is 3. The highest BCUT2D eigenvalue weighted by molar-refractivity contribution is 5.84. The second-order valence-corrected chi connectivity index (χ2v) is 27.9. The fourth-order valence-electron chi connectivity index (χ4n) is 13.0. The molecule has 15 aromatic rings. The van der Waals surface area contributed by atoms with E-state index in [9.17, 15) is 44.3 Å². The number of alkyl halides is 9. The first-order valence-electron chi connectivity index (χ1n) is 36.8. The molecule has 0 saturated carbocycles. The van der Waals surface area contributed by atoms with Crippen molar-refractivity contribution in [3.63, 3.8) is 0 Å². The number of nitrogens with zero attached hydrogens (tertiary/aromatic N) is 13. The second-order valence-electron chi connectivity index (χ2n) is 27.9. The van der Waals surface area contributed by atoms with Gasteiger partial charge in [0, 0.05) is 79.5 Å². The molecule has 19 nitrogen and oxygen atoms in total. The van der Waals surface area contributed by atoms with E-state index < -0.39 is 35.2 Å². The van der Waals surface area contributed by atoms with Crippen LogP contribution >= 0.6 is 0 Å². The minimum Gasteiger partial charge on any atom is -0.355 e. The number of benzene rings is 6. The second kappa shape index (κ2) is 34.8. The molecule has 0 aliphatic rings. The van der Waals surface area contributed by atoms with Crippen LogP contribution in [0.1, 0.15) is 103 Å². The molecule has 0 aliphatic carbocycles. The molecule has 0 aliphatic heterocycles. The third-order valence-electron chi connectivity index (χ3n) is 18.7. The van der Waals surface area contributed by atoms with Crippen molar-refractivity contribution in [2.75, 3.05) is 30.0 Å². The number of amides is 1. The van der Waals surface area contributed by atoms with Gasteiger partial charge in [-0.1, -0.05) is 141 Å². The maximum atomic E-state index is 13.6. The molecule has 5 N–H and O–H groups in total. The zero-order valence-electron chi connectivity index (χ0n) is 63.4. The summed E-state index contributed by atoms with van der Waals surface area (Å²) in [6, 6.07) is 61.9. The predicted octanol–water partition coefficient (Wildman–Crippen LogP) is 19.8. The first-order valence-corrected chi connectivity index (χ1v) is 36.8. The van der Waals surface area contributed by atoms with E-state index in [-0.39, 0.29) is 18.1 Å². The Hall–Kier alpha value is -13.2. The van der Waals surface area contributed by atoms with E-state index in [0.29, 0.717) is 135 Å². The SMILES string of the molecule is CC(C)NCc1ccn2c(-c3ccnc(N[C@@H](C)c4ccccc4)n3)c(-c3cccc(C(F)(F)F)c3)nc2c1.C[C@H](Nc1nccc(-c2c(-c3cccc(C(F)(F)F)c3)nc3cc(CN(C)C)ccn23)n1)c1ccccc1.C[C@H](Nc1nccc(-c2c(-c3cccc(C(F)(F)F)c3)nc3cc(CNC=O)ccn23)n1)c1ccccc1. The average molecular weight is 1560 g/mol. The predicted molar refractivity (Wildman–Crippen MR) is 428 cm³/mol. The van der Waals surface area contributed by atoms with Crippen molar-refractivity contribution in [3.8, 4) is 67.9 Å². The van der Waals surface area contributed by atoms with Crippen LogP contribution in [0.5, 0.6) is 0 Å². The Bertz CT molecular complexity index is 5850. The molecule has 9 heterocycles. The van der Waals surface area contributed by atoms with Gasteiger partial charge in [-0.15, -0.1) is 0 Å². The van der Waals surface area contributed by atoms with Crippen LogP contribution in [0.4, 0.5) is 57.4 Å². The number of imidazole rings is 3. The van der Waals surface area contributed by atoms with E-state index in [1.165, 1.54) is 18.2 Å². The highest BCUT2D eigenvalue weighted by Crippen LogP contribution is 2.41. The van der Waals surface area contributed by atoms with E-state index in [0.717, 1.165) is 69.8 Å². The van der Waals surface area contributed by atoms with Gasteiger partial charge in [-0.2, -0.15) is 39.5 Å². The van der Waals surface area contributed by atoms with Gasteiger partial charge in [-0.3, -0.25) is 18.0 Å². The molecule has 586 valence electrons. The number of hydrogen-bond acceptors (Lipinski definition) is 15. The molecule has 1 amide bonds. The first kappa shape index (κ1) is 79.9. The lowest BCUT2D eigenvalue weighted by atomic mass is 10.0. The molecule has 0 unspecified atom stereocenters. The number of hydrogen-bond donors (Lipinski definition) is 5. The van der Waals surface area contributed by atoms with E-state index in [2.05, 4.69) is 60.4 Å². The number of anilines is 3. The highest BCUT2D eigenvalue weighted by atomic mass is 19.4. The Kier molecular flexibility index (Phi) is 24.2. The zero-order chi connectivity index (χ0) is 81.1. The van der Waals surface area contributed by atoms with Crippen molar-refractivity contribution >= 4 is 41.2 Å². The van der Waals surface area contributed by atoms with Crippen LogP contribution in [0.2, 0.25) is 0 Å². The molecule has 6 aromatic carbocycles.